The van der Waals surface area contributed by atoms with Crippen LogP contribution in [0.25, 0.3) is 5.69 Å². The Morgan fingerprint density at radius 2 is 1.83 bits per heavy atom. The molecule has 152 valence electrons. The summed E-state index contributed by atoms with van der Waals surface area (Å²) in [4.78, 5) is 10.8. The summed E-state index contributed by atoms with van der Waals surface area (Å²) in [6.45, 7) is 6.20. The molecule has 0 aliphatic carbocycles. The van der Waals surface area contributed by atoms with Crippen LogP contribution in [-0.4, -0.2) is 39.6 Å². The molecule has 0 amide bonds. The first-order valence-electron chi connectivity index (χ1n) is 9.46. The second-order valence-corrected chi connectivity index (χ2v) is 10.6. The summed E-state index contributed by atoms with van der Waals surface area (Å²) in [5.74, 6) is 0. The van der Waals surface area contributed by atoms with Gasteiger partial charge < -0.3 is 0 Å². The molecule has 1 aromatic heterocycles. The monoisotopic (exact) mass is 411 g/mol. The lowest BCUT2D eigenvalue weighted by Crippen LogP contribution is -2.23. The van der Waals surface area contributed by atoms with Gasteiger partial charge in [0, 0.05) is 12.1 Å². The van der Waals surface area contributed by atoms with Crippen molar-refractivity contribution in [2.45, 2.75) is 20.8 Å². The molecule has 0 fully saturated rings. The smallest absolute Gasteiger partial charge is 0.271 e. The third kappa shape index (κ3) is 3.88. The van der Waals surface area contributed by atoms with E-state index in [2.05, 4.69) is 18.5 Å². The third-order valence-electron chi connectivity index (χ3n) is 5.04. The van der Waals surface area contributed by atoms with Gasteiger partial charge in [-0.1, -0.05) is 31.2 Å². The molecule has 8 heteroatoms. The van der Waals surface area contributed by atoms with Crippen LogP contribution >= 0.6 is 7.21 Å². The Balaban J connectivity index is 2.27. The van der Waals surface area contributed by atoms with Crippen molar-refractivity contribution in [3.8, 4) is 5.69 Å². The molecular weight excluding hydrogens is 385 g/mol. The molecule has 0 spiro atoms. The highest BCUT2D eigenvalue weighted by Gasteiger charge is 2.30. The Morgan fingerprint density at radius 3 is 2.41 bits per heavy atom. The molecule has 0 saturated heterocycles. The lowest BCUT2D eigenvalue weighted by molar-refractivity contribution is -0.384. The summed E-state index contributed by atoms with van der Waals surface area (Å²) >= 11 is 0. The van der Waals surface area contributed by atoms with E-state index in [1.165, 1.54) is 6.07 Å². The van der Waals surface area contributed by atoms with Gasteiger partial charge in [-0.3, -0.25) is 14.8 Å². The second kappa shape index (κ2) is 8.31. The van der Waals surface area contributed by atoms with Crippen molar-refractivity contribution in [3.63, 3.8) is 0 Å². The normalized spacial score (nSPS) is 13.3. The van der Waals surface area contributed by atoms with E-state index in [4.69, 9.17) is 9.84 Å². The van der Waals surface area contributed by atoms with Crippen LogP contribution in [0.2, 0.25) is 0 Å². The zero-order chi connectivity index (χ0) is 21.2. The molecule has 1 heterocycles. The van der Waals surface area contributed by atoms with Crippen molar-refractivity contribution in [3.05, 3.63) is 76.1 Å². The molecule has 1 atom stereocenters. The lowest BCUT2D eigenvalue weighted by atomic mass is 10.3. The first kappa shape index (κ1) is 21.0. The number of hydrogen-bond donors (Lipinski definition) is 0. The first-order chi connectivity index (χ1) is 13.8. The van der Waals surface area contributed by atoms with Crippen molar-refractivity contribution in [2.24, 2.45) is 4.74 Å². The van der Waals surface area contributed by atoms with Crippen molar-refractivity contribution in [1.82, 2.24) is 14.5 Å². The van der Waals surface area contributed by atoms with Gasteiger partial charge in [0.25, 0.3) is 5.69 Å². The number of hydrogen-bond acceptors (Lipinski definition) is 4. The van der Waals surface area contributed by atoms with Crippen LogP contribution in [-0.2, 0) is 0 Å². The quantitative estimate of drug-likeness (QED) is 0.323. The molecule has 0 unspecified atom stereocenters. The second-order valence-electron chi connectivity index (χ2n) is 7.04. The maximum atomic E-state index is 11.2. The fourth-order valence-electron chi connectivity index (χ4n) is 3.68. The van der Waals surface area contributed by atoms with Crippen LogP contribution in [0.1, 0.15) is 18.3 Å². The van der Waals surface area contributed by atoms with Gasteiger partial charge in [-0.25, -0.2) is 9.43 Å². The molecule has 0 radical (unpaired) electrons. The molecule has 0 aliphatic heterocycles. The highest BCUT2D eigenvalue weighted by Crippen LogP contribution is 2.54. The Labute approximate surface area is 171 Å². The lowest BCUT2D eigenvalue weighted by Gasteiger charge is -2.31. The molecule has 3 aromatic rings. The van der Waals surface area contributed by atoms with Crippen molar-refractivity contribution in [2.75, 3.05) is 20.3 Å². The van der Waals surface area contributed by atoms with Gasteiger partial charge >= 0.3 is 0 Å². The number of benzene rings is 2. The van der Waals surface area contributed by atoms with Gasteiger partial charge in [-0.15, -0.1) is 0 Å². The minimum atomic E-state index is -2.20. The van der Waals surface area contributed by atoms with Gasteiger partial charge in [0.05, 0.1) is 40.2 Å². The number of nitro groups is 1. The first-order valence-corrected chi connectivity index (χ1v) is 11.3. The van der Waals surface area contributed by atoms with E-state index in [0.29, 0.717) is 5.69 Å². The van der Waals surface area contributed by atoms with E-state index in [0.717, 1.165) is 28.5 Å². The third-order valence-corrected chi connectivity index (χ3v) is 9.17. The number of non-ortho nitro benzene ring substituents is 1. The van der Waals surface area contributed by atoms with Crippen LogP contribution in [0.3, 0.4) is 0 Å². The van der Waals surface area contributed by atoms with E-state index < -0.39 is 7.21 Å². The largest absolute Gasteiger partial charge is 0.272 e. The number of aromatic nitrogens is 2. The standard InChI is InChI=1S/C21H26N5O2P/c1-6-29(24(4)5,23-18-11-10-14-20(15-18)26(27)28)21-16(2)22-25(17(21)3)19-12-8-7-9-13-19/h7-15H,6H2,1-5H3/t29-/m0/s1. The van der Waals surface area contributed by atoms with E-state index in [1.807, 2.05) is 62.1 Å². The Morgan fingerprint density at radius 1 is 1.14 bits per heavy atom. The highest BCUT2D eigenvalue weighted by atomic mass is 31.2. The number of nitrogens with zero attached hydrogens (tertiary/aromatic N) is 5. The van der Waals surface area contributed by atoms with E-state index in [9.17, 15) is 10.1 Å². The molecular formula is C21H26N5O2P. The molecule has 7 nitrogen and oxygen atoms in total. The maximum absolute atomic E-state index is 11.2. The van der Waals surface area contributed by atoms with Gasteiger partial charge in [0.1, 0.15) is 0 Å². The Hall–Kier alpha value is -2.76. The summed E-state index contributed by atoms with van der Waals surface area (Å²) in [5, 5.41) is 17.1. The predicted molar refractivity (Wildman–Crippen MR) is 119 cm³/mol. The molecule has 0 saturated carbocycles. The number of aryl methyl sites for hydroxylation is 1. The number of para-hydroxylation sites is 1. The molecule has 29 heavy (non-hydrogen) atoms. The molecule has 2 aromatic carbocycles. The van der Waals surface area contributed by atoms with Crippen LogP contribution in [0.4, 0.5) is 11.4 Å². The fraction of sp³-hybridized carbons (Fsp3) is 0.286. The van der Waals surface area contributed by atoms with Crippen LogP contribution in [0, 0.1) is 24.0 Å². The topological polar surface area (TPSA) is 76.6 Å². The van der Waals surface area contributed by atoms with Crippen molar-refractivity contribution < 1.29 is 4.92 Å². The van der Waals surface area contributed by atoms with Crippen LogP contribution in [0.15, 0.2) is 59.3 Å². The molecule has 0 bridgehead atoms. The zero-order valence-electron chi connectivity index (χ0n) is 17.4. The zero-order valence-corrected chi connectivity index (χ0v) is 18.3. The summed E-state index contributed by atoms with van der Waals surface area (Å²) < 4.78 is 9.25. The molecule has 3 rings (SSSR count). The summed E-state index contributed by atoms with van der Waals surface area (Å²) in [7, 11) is 1.85. The van der Waals surface area contributed by atoms with Crippen molar-refractivity contribution >= 4 is 23.9 Å². The van der Waals surface area contributed by atoms with Crippen LogP contribution in [0.5, 0.6) is 0 Å². The average Bonchev–Trinajstić information content (AvgIpc) is 3.01. The number of rotatable bonds is 6. The van der Waals surface area contributed by atoms with E-state index in [1.54, 1.807) is 12.1 Å². The number of nitro benzene ring substituents is 1. The van der Waals surface area contributed by atoms with Crippen molar-refractivity contribution in [1.29, 1.82) is 0 Å². The van der Waals surface area contributed by atoms with Crippen LogP contribution < -0.4 is 5.30 Å². The summed E-state index contributed by atoms with van der Waals surface area (Å²) in [6, 6.07) is 16.6. The van der Waals surface area contributed by atoms with Gasteiger partial charge in [-0.05, 0) is 52.3 Å². The molecule has 0 N–H and O–H groups in total. The maximum Gasteiger partial charge on any atom is 0.271 e. The van der Waals surface area contributed by atoms with E-state index in [-0.39, 0.29) is 10.6 Å². The Bertz CT molecular complexity index is 1090. The van der Waals surface area contributed by atoms with Gasteiger partial charge in [0.2, 0.25) is 0 Å². The highest BCUT2D eigenvalue weighted by molar-refractivity contribution is 7.71. The summed E-state index contributed by atoms with van der Waals surface area (Å²) in [6.07, 6.45) is 0.796. The van der Waals surface area contributed by atoms with E-state index >= 15 is 0 Å². The fourth-order valence-corrected chi connectivity index (χ4v) is 7.07. The minimum absolute atomic E-state index is 0.0487. The minimum Gasteiger partial charge on any atom is -0.272 e. The summed E-state index contributed by atoms with van der Waals surface area (Å²) in [5.41, 5.74) is 3.65. The van der Waals surface area contributed by atoms with Gasteiger partial charge in [-0.2, -0.15) is 5.10 Å². The van der Waals surface area contributed by atoms with Gasteiger partial charge in [0.15, 0.2) is 0 Å². The SMILES string of the molecule is CC[P@@](=Nc1cccc([N+](=O)[O-])c1)(c1c(C)nn(-c2ccccc2)c1C)N(C)C. The molecule has 0 aliphatic rings. The average molecular weight is 411 g/mol. The Kier molecular flexibility index (Phi) is 6.01. The predicted octanol–water partition coefficient (Wildman–Crippen LogP) is 5.05.